The number of carboxylic acids is 1. The lowest BCUT2D eigenvalue weighted by atomic mass is 9.95. The summed E-state index contributed by atoms with van der Waals surface area (Å²) in [5, 5.41) is 8.74. The van der Waals surface area contributed by atoms with Crippen molar-refractivity contribution in [1.82, 2.24) is 0 Å². The number of aliphatic carboxylic acids is 1. The van der Waals surface area contributed by atoms with E-state index in [4.69, 9.17) is 9.84 Å². The van der Waals surface area contributed by atoms with Crippen molar-refractivity contribution >= 4 is 39.2 Å². The maximum Gasteiger partial charge on any atom is 0.393 e. The molecule has 0 heterocycles. The second kappa shape index (κ2) is 11.4. The van der Waals surface area contributed by atoms with Gasteiger partial charge in [-0.15, -0.1) is 11.8 Å². The predicted octanol–water partition coefficient (Wildman–Crippen LogP) is 7.24. The van der Waals surface area contributed by atoms with Crippen LogP contribution in [0.4, 0.5) is 13.2 Å². The fourth-order valence-electron chi connectivity index (χ4n) is 3.15. The molecule has 0 atom stereocenters. The summed E-state index contributed by atoms with van der Waals surface area (Å²) in [4.78, 5) is 11.6. The summed E-state index contributed by atoms with van der Waals surface area (Å²) >= 11 is 4.93. The zero-order chi connectivity index (χ0) is 23.8. The Kier molecular flexibility index (Phi) is 8.63. The Hall–Kier alpha value is -2.71. The number of rotatable bonds is 9. The van der Waals surface area contributed by atoms with Gasteiger partial charge in [0, 0.05) is 10.6 Å². The molecule has 3 nitrogen and oxygen atoms in total. The molecule has 8 heteroatoms. The van der Waals surface area contributed by atoms with Crippen molar-refractivity contribution in [3.05, 3.63) is 100 Å². The summed E-state index contributed by atoms with van der Waals surface area (Å²) < 4.78 is 44.5. The van der Waals surface area contributed by atoms with Gasteiger partial charge in [-0.1, -0.05) is 60.7 Å². The van der Waals surface area contributed by atoms with E-state index in [2.05, 4.69) is 15.9 Å². The van der Waals surface area contributed by atoms with Gasteiger partial charge in [0.25, 0.3) is 0 Å². The molecule has 172 valence electrons. The molecule has 0 unspecified atom stereocenters. The number of alkyl halides is 3. The fraction of sp³-hybridized carbons (Fsp3) is 0.160. The summed E-state index contributed by atoms with van der Waals surface area (Å²) in [5.74, 6) is -0.0443. The first-order valence-electron chi connectivity index (χ1n) is 9.90. The molecule has 0 aliphatic heterocycles. The Labute approximate surface area is 202 Å². The average Bonchev–Trinajstić information content (AvgIpc) is 2.75. The monoisotopic (exact) mass is 536 g/mol. The lowest BCUT2D eigenvalue weighted by Gasteiger charge is -2.12. The van der Waals surface area contributed by atoms with Crippen molar-refractivity contribution < 1.29 is 27.8 Å². The van der Waals surface area contributed by atoms with Gasteiger partial charge in [0.2, 0.25) is 0 Å². The molecule has 1 N–H and O–H groups in total. The number of ether oxygens (including phenoxy) is 1. The lowest BCUT2D eigenvalue weighted by Crippen LogP contribution is -2.11. The normalized spacial score (nSPS) is 11.9. The molecule has 0 aliphatic carbocycles. The summed E-state index contributed by atoms with van der Waals surface area (Å²) in [7, 11) is 0. The van der Waals surface area contributed by atoms with Crippen LogP contribution < -0.4 is 4.74 Å². The maximum atomic E-state index is 12.9. The predicted molar refractivity (Wildman–Crippen MR) is 128 cm³/mol. The van der Waals surface area contributed by atoms with Crippen molar-refractivity contribution in [1.29, 1.82) is 0 Å². The van der Waals surface area contributed by atoms with Crippen molar-refractivity contribution in [3.8, 4) is 5.75 Å². The van der Waals surface area contributed by atoms with Crippen LogP contribution in [0.1, 0.15) is 16.7 Å². The quantitative estimate of drug-likeness (QED) is 0.293. The summed E-state index contributed by atoms with van der Waals surface area (Å²) in [6.45, 7) is -0.429. The van der Waals surface area contributed by atoms with Crippen molar-refractivity contribution in [2.75, 3.05) is 12.4 Å². The minimum atomic E-state index is -4.27. The van der Waals surface area contributed by atoms with Crippen LogP contribution in [0.3, 0.4) is 0 Å². The standard InChI is InChI=1S/C25H20BrF3O3S/c26-22-14-20(9-10-23(22)32-16-24(30)31)33-12-11-21(18-6-2-1-3-7-18)19-8-4-5-17(13-19)15-25(27,28)29/h1-11,13-14H,12,15-16H2,(H,30,31)/b21-11-. The molecule has 0 bridgehead atoms. The van der Waals surface area contributed by atoms with Gasteiger partial charge < -0.3 is 9.84 Å². The number of hydrogen-bond acceptors (Lipinski definition) is 3. The zero-order valence-corrected chi connectivity index (χ0v) is 19.7. The smallest absolute Gasteiger partial charge is 0.393 e. The maximum absolute atomic E-state index is 12.9. The summed E-state index contributed by atoms with van der Waals surface area (Å²) in [5.41, 5.74) is 2.71. The third-order valence-electron chi connectivity index (χ3n) is 4.52. The van der Waals surface area contributed by atoms with Crippen LogP contribution in [0.25, 0.3) is 5.57 Å². The van der Waals surface area contributed by atoms with Crippen LogP contribution in [-0.4, -0.2) is 29.6 Å². The molecule has 0 saturated heterocycles. The number of hydrogen-bond donors (Lipinski definition) is 1. The summed E-state index contributed by atoms with van der Waals surface area (Å²) in [6.07, 6.45) is -3.24. The Bertz CT molecular complexity index is 1130. The molecule has 3 aromatic rings. The van der Waals surface area contributed by atoms with E-state index in [0.717, 1.165) is 21.6 Å². The van der Waals surface area contributed by atoms with E-state index in [0.29, 0.717) is 16.0 Å². The third-order valence-corrected chi connectivity index (χ3v) is 6.06. The van der Waals surface area contributed by atoms with Gasteiger partial charge in [-0.2, -0.15) is 13.2 Å². The molecule has 0 saturated carbocycles. The molecule has 3 rings (SSSR count). The van der Waals surface area contributed by atoms with E-state index < -0.39 is 25.2 Å². The van der Waals surface area contributed by atoms with Gasteiger partial charge >= 0.3 is 12.1 Å². The van der Waals surface area contributed by atoms with Crippen LogP contribution in [0, 0.1) is 0 Å². The van der Waals surface area contributed by atoms with E-state index in [1.165, 1.54) is 6.07 Å². The first kappa shape index (κ1) is 24.9. The molecular weight excluding hydrogens is 517 g/mol. The number of carbonyl (C=O) groups is 1. The van der Waals surface area contributed by atoms with Gasteiger partial charge in [0.1, 0.15) is 5.75 Å². The zero-order valence-electron chi connectivity index (χ0n) is 17.3. The van der Waals surface area contributed by atoms with Crippen LogP contribution in [-0.2, 0) is 11.2 Å². The Morgan fingerprint density at radius 2 is 1.73 bits per heavy atom. The highest BCUT2D eigenvalue weighted by molar-refractivity contribution is 9.10. The van der Waals surface area contributed by atoms with Crippen LogP contribution in [0.2, 0.25) is 0 Å². The number of halogens is 4. The second-order valence-corrected chi connectivity index (χ2v) is 9.01. The number of carboxylic acid groups (broad SMARTS) is 1. The third kappa shape index (κ3) is 7.98. The highest BCUT2D eigenvalue weighted by atomic mass is 79.9. The van der Waals surface area contributed by atoms with Crippen molar-refractivity contribution in [3.63, 3.8) is 0 Å². The van der Waals surface area contributed by atoms with E-state index >= 15 is 0 Å². The van der Waals surface area contributed by atoms with Crippen molar-refractivity contribution in [2.24, 2.45) is 0 Å². The van der Waals surface area contributed by atoms with Gasteiger partial charge in [-0.05, 0) is 56.4 Å². The molecule has 0 fully saturated rings. The van der Waals surface area contributed by atoms with Crippen molar-refractivity contribution in [2.45, 2.75) is 17.5 Å². The minimum absolute atomic E-state index is 0.218. The molecular formula is C25H20BrF3O3S. The van der Waals surface area contributed by atoms with E-state index in [1.54, 1.807) is 30.0 Å². The molecule has 0 aliphatic rings. The Balaban J connectivity index is 1.80. The SMILES string of the molecule is O=C(O)COc1ccc(SC/C=C(/c2ccccc2)c2cccc(CC(F)(F)F)c2)cc1Br. The summed E-state index contributed by atoms with van der Waals surface area (Å²) in [6, 6.07) is 21.4. The highest BCUT2D eigenvalue weighted by Gasteiger charge is 2.27. The van der Waals surface area contributed by atoms with Gasteiger partial charge in [-0.25, -0.2) is 4.79 Å². The number of thioether (sulfide) groups is 1. The molecule has 0 aromatic heterocycles. The first-order valence-corrected chi connectivity index (χ1v) is 11.7. The van der Waals surface area contributed by atoms with Crippen LogP contribution in [0.15, 0.2) is 88.2 Å². The van der Waals surface area contributed by atoms with E-state index in [1.807, 2.05) is 54.6 Å². The van der Waals surface area contributed by atoms with Gasteiger partial charge in [-0.3, -0.25) is 0 Å². The molecule has 0 radical (unpaired) electrons. The largest absolute Gasteiger partial charge is 0.481 e. The second-order valence-electron chi connectivity index (χ2n) is 7.06. The topological polar surface area (TPSA) is 46.5 Å². The number of benzene rings is 3. The molecule has 33 heavy (non-hydrogen) atoms. The van der Waals surface area contributed by atoms with E-state index in [-0.39, 0.29) is 5.56 Å². The molecule has 3 aromatic carbocycles. The lowest BCUT2D eigenvalue weighted by molar-refractivity contribution is -0.139. The van der Waals surface area contributed by atoms with Gasteiger partial charge in [0.15, 0.2) is 6.61 Å². The van der Waals surface area contributed by atoms with Crippen LogP contribution >= 0.6 is 27.7 Å². The molecule has 0 spiro atoms. The first-order chi connectivity index (χ1) is 15.7. The Morgan fingerprint density at radius 3 is 2.39 bits per heavy atom. The molecule has 0 amide bonds. The minimum Gasteiger partial charge on any atom is -0.481 e. The highest BCUT2D eigenvalue weighted by Crippen LogP contribution is 2.32. The van der Waals surface area contributed by atoms with Gasteiger partial charge in [0.05, 0.1) is 10.9 Å². The average molecular weight is 537 g/mol. The fourth-order valence-corrected chi connectivity index (χ4v) is 4.60. The Morgan fingerprint density at radius 1 is 1.00 bits per heavy atom. The van der Waals surface area contributed by atoms with Crippen LogP contribution in [0.5, 0.6) is 5.75 Å². The van der Waals surface area contributed by atoms with E-state index in [9.17, 15) is 18.0 Å².